The molecule has 2 saturated carbocycles. The third kappa shape index (κ3) is 1.63. The van der Waals surface area contributed by atoms with Crippen LogP contribution in [0.15, 0.2) is 12.2 Å². The van der Waals surface area contributed by atoms with E-state index in [0.717, 1.165) is 32.1 Å². The van der Waals surface area contributed by atoms with Crippen LogP contribution < -0.4 is 0 Å². The predicted octanol–water partition coefficient (Wildman–Crippen LogP) is 2.95. The average Bonchev–Trinajstić information content (AvgIpc) is 2.65. The Morgan fingerprint density at radius 2 is 1.69 bits per heavy atom. The van der Waals surface area contributed by atoms with Crippen molar-refractivity contribution < 1.29 is 9.84 Å². The van der Waals surface area contributed by atoms with Gasteiger partial charge in [-0.05, 0) is 25.7 Å². The zero-order valence-electron chi connectivity index (χ0n) is 9.95. The van der Waals surface area contributed by atoms with Crippen molar-refractivity contribution in [2.24, 2.45) is 0 Å². The number of aliphatic hydroxyl groups excluding tert-OH is 1. The van der Waals surface area contributed by atoms with Crippen molar-refractivity contribution in [2.75, 3.05) is 0 Å². The van der Waals surface area contributed by atoms with Crippen molar-refractivity contribution in [3.8, 4) is 0 Å². The smallest absolute Gasteiger partial charge is 0.113 e. The van der Waals surface area contributed by atoms with E-state index >= 15 is 0 Å². The normalized spacial score (nSPS) is 41.9. The van der Waals surface area contributed by atoms with Gasteiger partial charge in [-0.15, -0.1) is 0 Å². The number of ether oxygens (including phenoxy) is 1. The highest BCUT2D eigenvalue weighted by molar-refractivity contribution is 5.21. The zero-order valence-corrected chi connectivity index (χ0v) is 9.95. The van der Waals surface area contributed by atoms with E-state index in [4.69, 9.17) is 4.74 Å². The van der Waals surface area contributed by atoms with Gasteiger partial charge in [-0.25, -0.2) is 0 Å². The fourth-order valence-electron chi connectivity index (χ4n) is 3.62. The molecule has 1 heterocycles. The molecule has 0 saturated heterocycles. The summed E-state index contributed by atoms with van der Waals surface area (Å²) in [7, 11) is 0. The van der Waals surface area contributed by atoms with Crippen LogP contribution >= 0.6 is 0 Å². The van der Waals surface area contributed by atoms with Crippen molar-refractivity contribution in [1.29, 1.82) is 0 Å². The fourth-order valence-corrected chi connectivity index (χ4v) is 3.62. The molecule has 0 unspecified atom stereocenters. The Bertz CT molecular complexity index is 291. The standard InChI is InChI=1S/C14H22O2/c15-12-6-2-5-9-14(12)11-10-13(16-14)7-3-1-4-8-13/h10-12,15H,1-9H2/t12-,14-/m0/s1. The number of hydrogen-bond donors (Lipinski definition) is 1. The van der Waals surface area contributed by atoms with Crippen molar-refractivity contribution >= 4 is 0 Å². The maximum Gasteiger partial charge on any atom is 0.113 e. The Balaban J connectivity index is 1.78. The van der Waals surface area contributed by atoms with Crippen LogP contribution in [0.25, 0.3) is 0 Å². The van der Waals surface area contributed by atoms with E-state index in [0.29, 0.717) is 0 Å². The lowest BCUT2D eigenvalue weighted by atomic mass is 9.82. The number of hydrogen-bond acceptors (Lipinski definition) is 2. The second-order valence-electron chi connectivity index (χ2n) is 5.78. The van der Waals surface area contributed by atoms with Gasteiger partial charge >= 0.3 is 0 Å². The third-order valence-corrected chi connectivity index (χ3v) is 4.62. The topological polar surface area (TPSA) is 29.5 Å². The summed E-state index contributed by atoms with van der Waals surface area (Å²) in [5.41, 5.74) is -0.341. The molecule has 0 bridgehead atoms. The minimum atomic E-state index is -0.324. The van der Waals surface area contributed by atoms with Crippen LogP contribution in [0.4, 0.5) is 0 Å². The Labute approximate surface area is 97.7 Å². The molecular formula is C14H22O2. The van der Waals surface area contributed by atoms with E-state index in [-0.39, 0.29) is 17.3 Å². The summed E-state index contributed by atoms with van der Waals surface area (Å²) in [4.78, 5) is 0. The molecule has 90 valence electrons. The molecule has 1 aliphatic heterocycles. The quantitative estimate of drug-likeness (QED) is 0.638. The lowest BCUT2D eigenvalue weighted by molar-refractivity contribution is -0.166. The van der Waals surface area contributed by atoms with Gasteiger partial charge in [-0.1, -0.05) is 44.3 Å². The largest absolute Gasteiger partial charge is 0.390 e. The van der Waals surface area contributed by atoms with Gasteiger partial charge in [0.15, 0.2) is 0 Å². The minimum absolute atomic E-state index is 0.0173. The Hall–Kier alpha value is -0.340. The monoisotopic (exact) mass is 222 g/mol. The van der Waals surface area contributed by atoms with Crippen molar-refractivity contribution in [3.63, 3.8) is 0 Å². The molecule has 0 aromatic heterocycles. The number of aliphatic hydroxyl groups is 1. The van der Waals surface area contributed by atoms with Gasteiger partial charge < -0.3 is 9.84 Å². The van der Waals surface area contributed by atoms with Crippen molar-refractivity contribution in [2.45, 2.75) is 75.1 Å². The molecule has 3 aliphatic rings. The first-order valence-corrected chi connectivity index (χ1v) is 6.83. The molecule has 1 N–H and O–H groups in total. The van der Waals surface area contributed by atoms with Gasteiger partial charge in [0.2, 0.25) is 0 Å². The molecule has 2 fully saturated rings. The molecule has 0 aromatic rings. The maximum absolute atomic E-state index is 10.2. The van der Waals surface area contributed by atoms with Crippen molar-refractivity contribution in [3.05, 3.63) is 12.2 Å². The first kappa shape index (κ1) is 10.8. The molecule has 2 nitrogen and oxygen atoms in total. The van der Waals surface area contributed by atoms with Crippen LogP contribution in [0.1, 0.15) is 57.8 Å². The van der Waals surface area contributed by atoms with Gasteiger partial charge in [-0.2, -0.15) is 0 Å². The van der Waals surface area contributed by atoms with Gasteiger partial charge in [0.25, 0.3) is 0 Å². The summed E-state index contributed by atoms with van der Waals surface area (Å²) in [6.07, 6.45) is 14.6. The maximum atomic E-state index is 10.2. The van der Waals surface area contributed by atoms with E-state index in [2.05, 4.69) is 12.2 Å². The summed E-state index contributed by atoms with van der Waals surface area (Å²) in [6.45, 7) is 0. The molecule has 2 atom stereocenters. The molecule has 2 spiro atoms. The molecule has 2 heteroatoms. The van der Waals surface area contributed by atoms with E-state index in [1.807, 2.05) is 0 Å². The van der Waals surface area contributed by atoms with Crippen LogP contribution in [0.3, 0.4) is 0 Å². The Morgan fingerprint density at radius 1 is 0.938 bits per heavy atom. The van der Waals surface area contributed by atoms with E-state index in [1.165, 1.54) is 25.7 Å². The minimum Gasteiger partial charge on any atom is -0.390 e. The molecule has 16 heavy (non-hydrogen) atoms. The highest BCUT2D eigenvalue weighted by atomic mass is 16.5. The van der Waals surface area contributed by atoms with Crippen molar-refractivity contribution in [1.82, 2.24) is 0 Å². The van der Waals surface area contributed by atoms with E-state index in [9.17, 15) is 5.11 Å². The highest BCUT2D eigenvalue weighted by Gasteiger charge is 2.49. The van der Waals surface area contributed by atoms with Gasteiger partial charge in [0.1, 0.15) is 5.60 Å². The summed E-state index contributed by atoms with van der Waals surface area (Å²) < 4.78 is 6.37. The Morgan fingerprint density at radius 3 is 2.44 bits per heavy atom. The van der Waals surface area contributed by atoms with Gasteiger partial charge in [-0.3, -0.25) is 0 Å². The molecule has 3 rings (SSSR count). The number of rotatable bonds is 0. The lowest BCUT2D eigenvalue weighted by Crippen LogP contribution is -2.48. The average molecular weight is 222 g/mol. The summed E-state index contributed by atoms with van der Waals surface area (Å²) in [6, 6.07) is 0. The van der Waals surface area contributed by atoms with Gasteiger partial charge in [0, 0.05) is 0 Å². The predicted molar refractivity (Wildman–Crippen MR) is 63.2 cm³/mol. The van der Waals surface area contributed by atoms with Crippen LogP contribution in [0, 0.1) is 0 Å². The van der Waals surface area contributed by atoms with Crippen LogP contribution in [-0.4, -0.2) is 22.4 Å². The van der Waals surface area contributed by atoms with Gasteiger partial charge in [0.05, 0.1) is 11.7 Å². The molecule has 2 aliphatic carbocycles. The molecular weight excluding hydrogens is 200 g/mol. The van der Waals surface area contributed by atoms with Crippen LogP contribution in [0.5, 0.6) is 0 Å². The second-order valence-corrected chi connectivity index (χ2v) is 5.78. The van der Waals surface area contributed by atoms with Crippen LogP contribution in [0.2, 0.25) is 0 Å². The van der Waals surface area contributed by atoms with E-state index in [1.54, 1.807) is 0 Å². The Kier molecular flexibility index (Phi) is 2.60. The first-order chi connectivity index (χ1) is 7.75. The highest BCUT2D eigenvalue weighted by Crippen LogP contribution is 2.47. The van der Waals surface area contributed by atoms with Crippen LogP contribution in [-0.2, 0) is 4.74 Å². The summed E-state index contributed by atoms with van der Waals surface area (Å²) >= 11 is 0. The summed E-state index contributed by atoms with van der Waals surface area (Å²) in [5, 5.41) is 10.2. The van der Waals surface area contributed by atoms with E-state index < -0.39 is 0 Å². The second kappa shape index (κ2) is 3.85. The fraction of sp³-hybridized carbons (Fsp3) is 0.857. The SMILES string of the molecule is O[C@H]1CCCC[C@]12C=CC1(CCCCC1)O2. The summed E-state index contributed by atoms with van der Waals surface area (Å²) in [5.74, 6) is 0. The lowest BCUT2D eigenvalue weighted by Gasteiger charge is -2.42. The molecule has 0 aromatic carbocycles. The molecule has 0 radical (unpaired) electrons. The third-order valence-electron chi connectivity index (χ3n) is 4.62. The first-order valence-electron chi connectivity index (χ1n) is 6.83. The zero-order chi connectivity index (χ0) is 11.1. The molecule has 0 amide bonds.